The number of rotatable bonds is 1. The third-order valence-corrected chi connectivity index (χ3v) is 1.47. The highest BCUT2D eigenvalue weighted by atomic mass is 14.7. The third-order valence-electron chi connectivity index (χ3n) is 1.47. The molecule has 0 aliphatic carbocycles. The average molecular weight is 147 g/mol. The lowest BCUT2D eigenvalue weighted by Gasteiger charge is -2.05. The van der Waals surface area contributed by atoms with Crippen molar-refractivity contribution >= 4 is 5.69 Å². The molecule has 0 spiro atoms. The van der Waals surface area contributed by atoms with Crippen molar-refractivity contribution < 1.29 is 0 Å². The maximum absolute atomic E-state index is 8.48. The van der Waals surface area contributed by atoms with Crippen LogP contribution in [0, 0.1) is 11.3 Å². The maximum atomic E-state index is 8.48. The molecular formula is C8H9N3. The molecule has 0 fully saturated rings. The third kappa shape index (κ3) is 1.48. The first-order valence-corrected chi connectivity index (χ1v) is 3.25. The van der Waals surface area contributed by atoms with Crippen molar-refractivity contribution in [3.8, 4) is 6.07 Å². The zero-order valence-corrected chi connectivity index (χ0v) is 5.99. The summed E-state index contributed by atoms with van der Waals surface area (Å²) in [4.78, 5) is 0. The second-order valence-corrected chi connectivity index (χ2v) is 2.24. The van der Waals surface area contributed by atoms with Crippen LogP contribution < -0.4 is 11.5 Å². The van der Waals surface area contributed by atoms with Crippen molar-refractivity contribution in [2.24, 2.45) is 5.73 Å². The maximum Gasteiger partial charge on any atom is 0.120 e. The molecule has 1 unspecified atom stereocenters. The SMILES string of the molecule is N#CC(N)c1ccccc1N. The zero-order chi connectivity index (χ0) is 8.27. The van der Waals surface area contributed by atoms with Crippen LogP contribution in [-0.2, 0) is 0 Å². The van der Waals surface area contributed by atoms with Crippen LogP contribution in [-0.4, -0.2) is 0 Å². The molecule has 0 amide bonds. The number of benzene rings is 1. The van der Waals surface area contributed by atoms with Gasteiger partial charge < -0.3 is 11.5 Å². The molecule has 4 N–H and O–H groups in total. The van der Waals surface area contributed by atoms with Gasteiger partial charge in [-0.15, -0.1) is 0 Å². The van der Waals surface area contributed by atoms with Crippen LogP contribution in [0.5, 0.6) is 0 Å². The first-order valence-electron chi connectivity index (χ1n) is 3.25. The average Bonchev–Trinajstić information content (AvgIpc) is 2.04. The summed E-state index contributed by atoms with van der Waals surface area (Å²) in [7, 11) is 0. The molecule has 56 valence electrons. The van der Waals surface area contributed by atoms with Gasteiger partial charge >= 0.3 is 0 Å². The van der Waals surface area contributed by atoms with E-state index in [0.29, 0.717) is 11.3 Å². The van der Waals surface area contributed by atoms with Crippen molar-refractivity contribution in [2.75, 3.05) is 5.73 Å². The summed E-state index contributed by atoms with van der Waals surface area (Å²) in [6.45, 7) is 0. The van der Waals surface area contributed by atoms with Gasteiger partial charge in [-0.1, -0.05) is 18.2 Å². The molecule has 1 rings (SSSR count). The lowest BCUT2D eigenvalue weighted by atomic mass is 10.1. The van der Waals surface area contributed by atoms with E-state index in [2.05, 4.69) is 0 Å². The number of para-hydroxylation sites is 1. The fourth-order valence-corrected chi connectivity index (χ4v) is 0.864. The summed E-state index contributed by atoms with van der Waals surface area (Å²) in [6, 6.07) is 8.40. The minimum Gasteiger partial charge on any atom is -0.398 e. The highest BCUT2D eigenvalue weighted by molar-refractivity contribution is 5.49. The smallest absolute Gasteiger partial charge is 0.120 e. The predicted molar refractivity (Wildman–Crippen MR) is 43.4 cm³/mol. The van der Waals surface area contributed by atoms with Crippen LogP contribution in [0.3, 0.4) is 0 Å². The Hall–Kier alpha value is -1.53. The van der Waals surface area contributed by atoms with E-state index in [-0.39, 0.29) is 0 Å². The van der Waals surface area contributed by atoms with Gasteiger partial charge in [0.15, 0.2) is 0 Å². The number of hydrogen-bond acceptors (Lipinski definition) is 3. The molecule has 1 aromatic rings. The first-order chi connectivity index (χ1) is 5.25. The van der Waals surface area contributed by atoms with Crippen LogP contribution in [0.25, 0.3) is 0 Å². The van der Waals surface area contributed by atoms with Gasteiger partial charge in [0, 0.05) is 11.3 Å². The first kappa shape index (κ1) is 7.58. The van der Waals surface area contributed by atoms with Gasteiger partial charge in [0.2, 0.25) is 0 Å². The van der Waals surface area contributed by atoms with Gasteiger partial charge in [0.05, 0.1) is 6.07 Å². The molecule has 1 aromatic carbocycles. The van der Waals surface area contributed by atoms with Crippen molar-refractivity contribution in [1.82, 2.24) is 0 Å². The molecule has 0 radical (unpaired) electrons. The Morgan fingerprint density at radius 2 is 2.00 bits per heavy atom. The van der Waals surface area contributed by atoms with Gasteiger partial charge in [-0.05, 0) is 6.07 Å². The summed E-state index contributed by atoms with van der Waals surface area (Å²) >= 11 is 0. The molecule has 11 heavy (non-hydrogen) atoms. The fourth-order valence-electron chi connectivity index (χ4n) is 0.864. The van der Waals surface area contributed by atoms with Crippen LogP contribution in [0.4, 0.5) is 5.69 Å². The van der Waals surface area contributed by atoms with E-state index >= 15 is 0 Å². The zero-order valence-electron chi connectivity index (χ0n) is 5.99. The van der Waals surface area contributed by atoms with Crippen LogP contribution >= 0.6 is 0 Å². The fraction of sp³-hybridized carbons (Fsp3) is 0.125. The lowest BCUT2D eigenvalue weighted by Crippen LogP contribution is -2.09. The minimum atomic E-state index is -0.615. The summed E-state index contributed by atoms with van der Waals surface area (Å²) in [5, 5.41) is 8.48. The monoisotopic (exact) mass is 147 g/mol. The quantitative estimate of drug-likeness (QED) is 0.576. The summed E-state index contributed by atoms with van der Waals surface area (Å²) in [5.41, 5.74) is 12.3. The Kier molecular flexibility index (Phi) is 2.09. The topological polar surface area (TPSA) is 75.8 Å². The Morgan fingerprint density at radius 1 is 1.36 bits per heavy atom. The standard InChI is InChI=1S/C8H9N3/c9-5-8(11)6-3-1-2-4-7(6)10/h1-4,8H,10-11H2. The second-order valence-electron chi connectivity index (χ2n) is 2.24. The van der Waals surface area contributed by atoms with E-state index < -0.39 is 6.04 Å². The van der Waals surface area contributed by atoms with E-state index in [1.165, 1.54) is 0 Å². The molecule has 0 aliphatic heterocycles. The van der Waals surface area contributed by atoms with E-state index in [9.17, 15) is 0 Å². The Morgan fingerprint density at radius 3 is 2.55 bits per heavy atom. The van der Waals surface area contributed by atoms with Crippen molar-refractivity contribution in [3.05, 3.63) is 29.8 Å². The van der Waals surface area contributed by atoms with E-state index in [0.717, 1.165) is 0 Å². The highest BCUT2D eigenvalue weighted by Gasteiger charge is 2.05. The Labute approximate surface area is 65.2 Å². The molecule has 0 aliphatic rings. The second kappa shape index (κ2) is 3.04. The number of nitrogens with zero attached hydrogens (tertiary/aromatic N) is 1. The summed E-state index contributed by atoms with van der Waals surface area (Å²) < 4.78 is 0. The summed E-state index contributed by atoms with van der Waals surface area (Å²) in [6.07, 6.45) is 0. The number of hydrogen-bond donors (Lipinski definition) is 2. The predicted octanol–water partition coefficient (Wildman–Crippen LogP) is 0.792. The largest absolute Gasteiger partial charge is 0.398 e. The molecule has 3 heteroatoms. The Bertz CT molecular complexity index is 288. The molecule has 0 heterocycles. The number of nitrogens with two attached hydrogens (primary N) is 2. The van der Waals surface area contributed by atoms with Gasteiger partial charge in [0.25, 0.3) is 0 Å². The van der Waals surface area contributed by atoms with E-state index in [1.807, 2.05) is 18.2 Å². The van der Waals surface area contributed by atoms with Crippen molar-refractivity contribution in [2.45, 2.75) is 6.04 Å². The van der Waals surface area contributed by atoms with Gasteiger partial charge in [-0.3, -0.25) is 0 Å². The Balaban J connectivity index is 3.05. The lowest BCUT2D eigenvalue weighted by molar-refractivity contribution is 0.930. The normalized spacial score (nSPS) is 12.0. The van der Waals surface area contributed by atoms with Crippen molar-refractivity contribution in [3.63, 3.8) is 0 Å². The highest BCUT2D eigenvalue weighted by Crippen LogP contribution is 2.16. The van der Waals surface area contributed by atoms with Crippen LogP contribution in [0.2, 0.25) is 0 Å². The number of anilines is 1. The molecule has 0 saturated heterocycles. The van der Waals surface area contributed by atoms with E-state index in [4.69, 9.17) is 16.7 Å². The van der Waals surface area contributed by atoms with Gasteiger partial charge in [0.1, 0.15) is 6.04 Å². The molecule has 1 atom stereocenters. The number of nitrogen functional groups attached to an aromatic ring is 1. The van der Waals surface area contributed by atoms with Gasteiger partial charge in [-0.25, -0.2) is 0 Å². The molecule has 0 saturated carbocycles. The molecule has 0 bridgehead atoms. The van der Waals surface area contributed by atoms with E-state index in [1.54, 1.807) is 12.1 Å². The molecular weight excluding hydrogens is 138 g/mol. The van der Waals surface area contributed by atoms with Crippen LogP contribution in [0.15, 0.2) is 24.3 Å². The van der Waals surface area contributed by atoms with Gasteiger partial charge in [-0.2, -0.15) is 5.26 Å². The molecule has 0 aromatic heterocycles. The minimum absolute atomic E-state index is 0.571. The van der Waals surface area contributed by atoms with Crippen LogP contribution in [0.1, 0.15) is 11.6 Å². The molecule has 3 nitrogen and oxygen atoms in total. The number of nitriles is 1. The van der Waals surface area contributed by atoms with Crippen molar-refractivity contribution in [1.29, 1.82) is 5.26 Å². The summed E-state index contributed by atoms with van der Waals surface area (Å²) in [5.74, 6) is 0.